The molecule has 1 aromatic carbocycles. The number of carboxylic acids is 1. The molecule has 7 heteroatoms. The van der Waals surface area contributed by atoms with E-state index in [0.717, 1.165) is 25.7 Å². The lowest BCUT2D eigenvalue weighted by atomic mass is 9.99. The van der Waals surface area contributed by atoms with Crippen molar-refractivity contribution in [3.63, 3.8) is 0 Å². The van der Waals surface area contributed by atoms with Gasteiger partial charge in [0.1, 0.15) is 11.7 Å². The van der Waals surface area contributed by atoms with Crippen molar-refractivity contribution in [1.29, 1.82) is 0 Å². The van der Waals surface area contributed by atoms with Gasteiger partial charge in [0.15, 0.2) is 0 Å². The molecule has 4 rings (SSSR count). The second-order valence-corrected chi connectivity index (χ2v) is 8.90. The number of hydrogen-bond acceptors (Lipinski definition) is 4. The molecule has 6 nitrogen and oxygen atoms in total. The Morgan fingerprint density at radius 1 is 1.13 bits per heavy atom. The van der Waals surface area contributed by atoms with Gasteiger partial charge < -0.3 is 10.0 Å². The number of carboxylic acid groups (broad SMARTS) is 1. The van der Waals surface area contributed by atoms with Crippen LogP contribution in [0.2, 0.25) is 0 Å². The monoisotopic (exact) mass is 426 g/mol. The third-order valence-electron chi connectivity index (χ3n) is 6.15. The number of carbonyl (C=O) groups is 3. The van der Waals surface area contributed by atoms with Gasteiger partial charge in [-0.1, -0.05) is 24.3 Å². The van der Waals surface area contributed by atoms with E-state index in [0.29, 0.717) is 31.7 Å². The highest BCUT2D eigenvalue weighted by molar-refractivity contribution is 8.05. The topological polar surface area (TPSA) is 77.9 Å². The molecule has 2 amide bonds. The molecule has 0 bridgehead atoms. The first-order chi connectivity index (χ1) is 14.5. The zero-order valence-corrected chi connectivity index (χ0v) is 17.6. The van der Waals surface area contributed by atoms with E-state index in [4.69, 9.17) is 0 Å². The summed E-state index contributed by atoms with van der Waals surface area (Å²) in [6, 6.07) is 7.71. The van der Waals surface area contributed by atoms with Crippen LogP contribution in [0.1, 0.15) is 43.2 Å². The SMILES string of the molecule is O=C(O)[C@@H]1CCCN1C(=O)C1=CSC=CN1C(=O)CCCC1Cc2ccccc2C1. The van der Waals surface area contributed by atoms with Crippen molar-refractivity contribution in [3.05, 3.63) is 58.1 Å². The Bertz CT molecular complexity index is 885. The van der Waals surface area contributed by atoms with E-state index in [2.05, 4.69) is 24.3 Å². The standard InChI is InChI=1S/C23H26N2O4S/c26-21(9-3-5-16-13-17-6-1-2-7-18(17)14-16)24-11-12-30-15-20(24)22(27)25-10-4-8-19(25)23(28)29/h1-2,6-7,11-12,15-16,19H,3-5,8-10,13-14H2,(H,28,29)/t19-/m0/s1. The van der Waals surface area contributed by atoms with Crippen LogP contribution in [0.5, 0.6) is 0 Å². The van der Waals surface area contributed by atoms with Crippen LogP contribution in [-0.2, 0) is 27.2 Å². The number of rotatable bonds is 6. The lowest BCUT2D eigenvalue weighted by Gasteiger charge is -2.28. The molecule has 30 heavy (non-hydrogen) atoms. The summed E-state index contributed by atoms with van der Waals surface area (Å²) >= 11 is 1.33. The maximum atomic E-state index is 13.0. The summed E-state index contributed by atoms with van der Waals surface area (Å²) in [4.78, 5) is 40.1. The summed E-state index contributed by atoms with van der Waals surface area (Å²) in [6.07, 6.45) is 7.00. The highest BCUT2D eigenvalue weighted by Crippen LogP contribution is 2.31. The van der Waals surface area contributed by atoms with Gasteiger partial charge in [0.2, 0.25) is 5.91 Å². The van der Waals surface area contributed by atoms with Crippen LogP contribution in [0, 0.1) is 5.92 Å². The highest BCUT2D eigenvalue weighted by Gasteiger charge is 2.37. The fraction of sp³-hybridized carbons (Fsp3) is 0.435. The molecule has 0 unspecified atom stereocenters. The number of nitrogens with zero attached hydrogens (tertiary/aromatic N) is 2. The molecule has 1 N–H and O–H groups in total. The van der Waals surface area contributed by atoms with E-state index >= 15 is 0 Å². The van der Waals surface area contributed by atoms with Crippen molar-refractivity contribution >= 4 is 29.5 Å². The lowest BCUT2D eigenvalue weighted by Crippen LogP contribution is -2.44. The van der Waals surface area contributed by atoms with Crippen molar-refractivity contribution in [3.8, 4) is 0 Å². The van der Waals surface area contributed by atoms with E-state index in [9.17, 15) is 19.5 Å². The number of carbonyl (C=O) groups excluding carboxylic acids is 2. The number of aliphatic carboxylic acids is 1. The Morgan fingerprint density at radius 2 is 1.87 bits per heavy atom. The van der Waals surface area contributed by atoms with Gasteiger partial charge in [-0.15, -0.1) is 11.8 Å². The van der Waals surface area contributed by atoms with Crippen molar-refractivity contribution in [2.24, 2.45) is 5.92 Å². The number of benzene rings is 1. The zero-order chi connectivity index (χ0) is 21.1. The molecule has 1 fully saturated rings. The minimum absolute atomic E-state index is 0.118. The first-order valence-electron chi connectivity index (χ1n) is 10.5. The average molecular weight is 427 g/mol. The van der Waals surface area contributed by atoms with Crippen LogP contribution in [0.25, 0.3) is 0 Å². The first kappa shape index (κ1) is 20.7. The molecule has 1 aromatic rings. The largest absolute Gasteiger partial charge is 0.480 e. The fourth-order valence-corrected chi connectivity index (χ4v) is 5.25. The Hall–Kier alpha value is -2.54. The van der Waals surface area contributed by atoms with Crippen molar-refractivity contribution in [2.75, 3.05) is 6.54 Å². The van der Waals surface area contributed by atoms with Gasteiger partial charge >= 0.3 is 5.97 Å². The second-order valence-electron chi connectivity index (χ2n) is 8.12. The van der Waals surface area contributed by atoms with Crippen molar-refractivity contribution in [1.82, 2.24) is 9.80 Å². The van der Waals surface area contributed by atoms with Gasteiger partial charge in [-0.2, -0.15) is 0 Å². The first-order valence-corrected chi connectivity index (χ1v) is 11.4. The average Bonchev–Trinajstić information content (AvgIpc) is 3.40. The Kier molecular flexibility index (Phi) is 6.27. The van der Waals surface area contributed by atoms with Gasteiger partial charge in [-0.3, -0.25) is 14.5 Å². The summed E-state index contributed by atoms with van der Waals surface area (Å²) in [7, 11) is 0. The summed E-state index contributed by atoms with van der Waals surface area (Å²) in [5.41, 5.74) is 3.09. The molecule has 1 atom stereocenters. The smallest absolute Gasteiger partial charge is 0.326 e. The van der Waals surface area contributed by atoms with Crippen LogP contribution in [0.4, 0.5) is 0 Å². The van der Waals surface area contributed by atoms with Crippen LogP contribution in [0.3, 0.4) is 0 Å². The van der Waals surface area contributed by atoms with Crippen LogP contribution in [-0.4, -0.2) is 45.3 Å². The lowest BCUT2D eigenvalue weighted by molar-refractivity contribution is -0.147. The second kappa shape index (κ2) is 9.08. The molecule has 0 aromatic heterocycles. The molecule has 2 heterocycles. The Labute approximate surface area is 180 Å². The van der Waals surface area contributed by atoms with E-state index in [-0.39, 0.29) is 17.5 Å². The molecular formula is C23H26N2O4S. The molecule has 0 spiro atoms. The molecule has 2 aliphatic heterocycles. The molecule has 3 aliphatic rings. The normalized spacial score (nSPS) is 20.9. The molecular weight excluding hydrogens is 400 g/mol. The van der Waals surface area contributed by atoms with Crippen molar-refractivity contribution in [2.45, 2.75) is 51.0 Å². The van der Waals surface area contributed by atoms with Crippen LogP contribution >= 0.6 is 11.8 Å². The maximum Gasteiger partial charge on any atom is 0.326 e. The predicted octanol–water partition coefficient (Wildman–Crippen LogP) is 3.54. The number of hydrogen-bond donors (Lipinski definition) is 1. The molecule has 158 valence electrons. The molecule has 1 aliphatic carbocycles. The van der Waals surface area contributed by atoms with E-state index in [1.165, 1.54) is 32.7 Å². The number of fused-ring (bicyclic) bond motifs is 1. The van der Waals surface area contributed by atoms with Gasteiger partial charge in [0, 0.05) is 24.6 Å². The fourth-order valence-electron chi connectivity index (χ4n) is 4.64. The number of thioether (sulfide) groups is 1. The van der Waals surface area contributed by atoms with Gasteiger partial charge in [0.05, 0.1) is 0 Å². The summed E-state index contributed by atoms with van der Waals surface area (Å²) in [5.74, 6) is -0.916. The Morgan fingerprint density at radius 3 is 2.57 bits per heavy atom. The van der Waals surface area contributed by atoms with Crippen LogP contribution in [0.15, 0.2) is 47.0 Å². The van der Waals surface area contributed by atoms with E-state index in [1.54, 1.807) is 17.0 Å². The predicted molar refractivity (Wildman–Crippen MR) is 115 cm³/mol. The van der Waals surface area contributed by atoms with Gasteiger partial charge in [0.25, 0.3) is 5.91 Å². The molecule has 1 saturated heterocycles. The third-order valence-corrected chi connectivity index (χ3v) is 6.79. The molecule has 0 saturated carbocycles. The number of likely N-dealkylation sites (tertiary alicyclic amines) is 1. The van der Waals surface area contributed by atoms with E-state index in [1.807, 2.05) is 0 Å². The Balaban J connectivity index is 1.33. The summed E-state index contributed by atoms with van der Waals surface area (Å²) in [5, 5.41) is 12.8. The summed E-state index contributed by atoms with van der Waals surface area (Å²) < 4.78 is 0. The van der Waals surface area contributed by atoms with E-state index < -0.39 is 12.0 Å². The van der Waals surface area contributed by atoms with Crippen LogP contribution < -0.4 is 0 Å². The summed E-state index contributed by atoms with van der Waals surface area (Å²) in [6.45, 7) is 0.409. The quantitative estimate of drug-likeness (QED) is 0.753. The highest BCUT2D eigenvalue weighted by atomic mass is 32.2. The number of amides is 2. The van der Waals surface area contributed by atoms with Gasteiger partial charge in [-0.05, 0) is 61.0 Å². The van der Waals surface area contributed by atoms with Crippen molar-refractivity contribution < 1.29 is 19.5 Å². The minimum Gasteiger partial charge on any atom is -0.480 e. The molecule has 0 radical (unpaired) electrons. The maximum absolute atomic E-state index is 13.0. The van der Waals surface area contributed by atoms with Gasteiger partial charge in [-0.25, -0.2) is 4.79 Å². The zero-order valence-electron chi connectivity index (χ0n) is 16.8. The third kappa shape index (κ3) is 4.31. The minimum atomic E-state index is -0.990.